The Kier molecular flexibility index (Phi) is 6.64. The highest BCUT2D eigenvalue weighted by Crippen LogP contribution is 2.25. The molecule has 2 unspecified atom stereocenters. The minimum Gasteiger partial charge on any atom is -0.482 e. The second-order valence-electron chi connectivity index (χ2n) is 6.21. The molecule has 0 aliphatic heterocycles. The Balaban J connectivity index is 2.11. The van der Waals surface area contributed by atoms with Crippen molar-refractivity contribution in [2.45, 2.75) is 25.8 Å². The monoisotopic (exact) mass is 375 g/mol. The van der Waals surface area contributed by atoms with Crippen molar-refractivity contribution in [1.29, 1.82) is 0 Å². The van der Waals surface area contributed by atoms with Gasteiger partial charge >= 0.3 is 5.97 Å². The van der Waals surface area contributed by atoms with Gasteiger partial charge in [-0.25, -0.2) is 4.79 Å². The zero-order chi connectivity index (χ0) is 19.3. The number of aliphatic carboxylic acids is 1. The van der Waals surface area contributed by atoms with Crippen LogP contribution in [0.4, 0.5) is 0 Å². The molecule has 0 aromatic heterocycles. The summed E-state index contributed by atoms with van der Waals surface area (Å²) in [6.45, 7) is 3.60. The summed E-state index contributed by atoms with van der Waals surface area (Å²) in [5, 5.41) is 9.37. The Morgan fingerprint density at radius 1 is 1.15 bits per heavy atom. The van der Waals surface area contributed by atoms with E-state index in [-0.39, 0.29) is 17.9 Å². The number of ether oxygens (including phenoxy) is 1. The van der Waals surface area contributed by atoms with Gasteiger partial charge in [0.1, 0.15) is 5.75 Å². The molecule has 6 heteroatoms. The van der Waals surface area contributed by atoms with Gasteiger partial charge in [-0.1, -0.05) is 36.7 Å². The van der Waals surface area contributed by atoms with Crippen LogP contribution in [0.3, 0.4) is 0 Å². The molecular weight excluding hydrogens is 354 g/mol. The smallest absolute Gasteiger partial charge is 0.341 e. The molecule has 0 spiro atoms. The van der Waals surface area contributed by atoms with Gasteiger partial charge in [-0.2, -0.15) is 0 Å². The summed E-state index contributed by atoms with van der Waals surface area (Å²) in [5.41, 5.74) is 1.55. The number of hydrogen-bond donors (Lipinski definition) is 1. The van der Waals surface area contributed by atoms with E-state index in [1.54, 1.807) is 36.2 Å². The maximum atomic E-state index is 12.8. The zero-order valence-corrected chi connectivity index (χ0v) is 15.7. The van der Waals surface area contributed by atoms with Crippen LogP contribution >= 0.6 is 11.6 Å². The molecule has 138 valence electrons. The quantitative estimate of drug-likeness (QED) is 0.792. The normalized spacial score (nSPS) is 12.9. The minimum absolute atomic E-state index is 0.0488. The van der Waals surface area contributed by atoms with E-state index in [1.165, 1.54) is 0 Å². The minimum atomic E-state index is -1.07. The van der Waals surface area contributed by atoms with Gasteiger partial charge in [0.15, 0.2) is 6.61 Å². The molecule has 26 heavy (non-hydrogen) atoms. The third-order valence-electron chi connectivity index (χ3n) is 4.49. The maximum Gasteiger partial charge on any atom is 0.341 e. The van der Waals surface area contributed by atoms with Crippen LogP contribution in [0.5, 0.6) is 5.75 Å². The lowest BCUT2D eigenvalue weighted by Crippen LogP contribution is -2.38. The summed E-state index contributed by atoms with van der Waals surface area (Å²) in [6, 6.07) is 14.1. The summed E-state index contributed by atoms with van der Waals surface area (Å²) in [6.07, 6.45) is 0. The third-order valence-corrected chi connectivity index (χ3v) is 4.75. The van der Waals surface area contributed by atoms with Gasteiger partial charge in [-0.05, 0) is 42.8 Å². The number of rotatable bonds is 7. The van der Waals surface area contributed by atoms with Crippen molar-refractivity contribution in [3.05, 3.63) is 64.7 Å². The van der Waals surface area contributed by atoms with Gasteiger partial charge in [-0.15, -0.1) is 0 Å². The van der Waals surface area contributed by atoms with Crippen molar-refractivity contribution in [2.24, 2.45) is 0 Å². The first-order valence-electron chi connectivity index (χ1n) is 8.27. The molecule has 0 heterocycles. The SMILES string of the molecule is CC(c1ccc(Cl)cc1)C(C)N(C)C(=O)c1cccc(OCC(=O)O)c1. The summed E-state index contributed by atoms with van der Waals surface area (Å²) < 4.78 is 5.14. The highest BCUT2D eigenvalue weighted by molar-refractivity contribution is 6.30. The van der Waals surface area contributed by atoms with Crippen molar-refractivity contribution in [3.63, 3.8) is 0 Å². The number of halogens is 1. The molecule has 2 aromatic rings. The van der Waals surface area contributed by atoms with Crippen LogP contribution in [0.2, 0.25) is 5.02 Å². The van der Waals surface area contributed by atoms with Gasteiger partial charge in [0.05, 0.1) is 0 Å². The number of carboxylic acid groups (broad SMARTS) is 1. The lowest BCUT2D eigenvalue weighted by Gasteiger charge is -2.30. The standard InChI is InChI=1S/C20H22ClNO4/c1-13(15-7-9-17(21)10-8-15)14(2)22(3)20(25)16-5-4-6-18(11-16)26-12-19(23)24/h4-11,13-14H,12H2,1-3H3,(H,23,24). The first-order chi connectivity index (χ1) is 12.3. The Morgan fingerprint density at radius 2 is 1.81 bits per heavy atom. The Labute approximate surface area is 158 Å². The molecule has 0 saturated heterocycles. The van der Waals surface area contributed by atoms with Crippen LogP contribution in [-0.2, 0) is 4.79 Å². The maximum absolute atomic E-state index is 12.8. The third kappa shape index (κ3) is 4.99. The van der Waals surface area contributed by atoms with Crippen LogP contribution in [0, 0.1) is 0 Å². The summed E-state index contributed by atoms with van der Waals surface area (Å²) in [5.74, 6) is -0.749. The summed E-state index contributed by atoms with van der Waals surface area (Å²) in [4.78, 5) is 25.1. The fraction of sp³-hybridized carbons (Fsp3) is 0.300. The Hall–Kier alpha value is -2.53. The van der Waals surface area contributed by atoms with E-state index in [1.807, 2.05) is 31.2 Å². The number of hydrogen-bond acceptors (Lipinski definition) is 3. The van der Waals surface area contributed by atoms with Crippen LogP contribution in [0.15, 0.2) is 48.5 Å². The molecule has 1 N–H and O–H groups in total. The Morgan fingerprint density at radius 3 is 2.42 bits per heavy atom. The number of carbonyl (C=O) groups is 2. The number of amides is 1. The number of carboxylic acids is 1. The van der Waals surface area contributed by atoms with Crippen LogP contribution < -0.4 is 4.74 Å². The zero-order valence-electron chi connectivity index (χ0n) is 15.0. The molecule has 5 nitrogen and oxygen atoms in total. The number of carbonyl (C=O) groups excluding carboxylic acids is 1. The van der Waals surface area contributed by atoms with Crippen molar-refractivity contribution in [1.82, 2.24) is 4.90 Å². The predicted molar refractivity (Wildman–Crippen MR) is 101 cm³/mol. The topological polar surface area (TPSA) is 66.8 Å². The molecule has 2 atom stereocenters. The van der Waals surface area contributed by atoms with Crippen molar-refractivity contribution in [3.8, 4) is 5.75 Å². The lowest BCUT2D eigenvalue weighted by atomic mass is 9.93. The van der Waals surface area contributed by atoms with E-state index in [4.69, 9.17) is 21.4 Å². The predicted octanol–water partition coefficient (Wildman–Crippen LogP) is 4.07. The lowest BCUT2D eigenvalue weighted by molar-refractivity contribution is -0.139. The van der Waals surface area contributed by atoms with E-state index in [9.17, 15) is 9.59 Å². The molecule has 0 fully saturated rings. The number of likely N-dealkylation sites (N-methyl/N-ethyl adjacent to an activating group) is 1. The molecule has 0 radical (unpaired) electrons. The molecule has 2 rings (SSSR count). The molecule has 0 aliphatic rings. The fourth-order valence-corrected chi connectivity index (χ4v) is 2.76. The highest BCUT2D eigenvalue weighted by Gasteiger charge is 2.23. The van der Waals surface area contributed by atoms with Crippen LogP contribution in [0.1, 0.15) is 35.7 Å². The number of nitrogens with zero attached hydrogens (tertiary/aromatic N) is 1. The first-order valence-corrected chi connectivity index (χ1v) is 8.64. The molecular formula is C20H22ClNO4. The van der Waals surface area contributed by atoms with E-state index in [2.05, 4.69) is 6.92 Å². The van der Waals surface area contributed by atoms with Gasteiger partial charge in [-0.3, -0.25) is 4.79 Å². The van der Waals surface area contributed by atoms with E-state index >= 15 is 0 Å². The van der Waals surface area contributed by atoms with Crippen molar-refractivity contribution < 1.29 is 19.4 Å². The molecule has 2 aromatic carbocycles. The largest absolute Gasteiger partial charge is 0.482 e. The second-order valence-corrected chi connectivity index (χ2v) is 6.64. The molecule has 1 amide bonds. The van der Waals surface area contributed by atoms with Crippen LogP contribution in [-0.4, -0.2) is 41.6 Å². The summed E-state index contributed by atoms with van der Waals surface area (Å²) >= 11 is 5.94. The fourth-order valence-electron chi connectivity index (χ4n) is 2.63. The molecule has 0 saturated carbocycles. The Bertz CT molecular complexity index is 776. The highest BCUT2D eigenvalue weighted by atomic mass is 35.5. The molecule has 0 aliphatic carbocycles. The first kappa shape index (κ1) is 19.8. The number of benzene rings is 2. The molecule has 0 bridgehead atoms. The van der Waals surface area contributed by atoms with E-state index < -0.39 is 12.6 Å². The van der Waals surface area contributed by atoms with Crippen LogP contribution in [0.25, 0.3) is 0 Å². The van der Waals surface area contributed by atoms with Gasteiger partial charge in [0.25, 0.3) is 5.91 Å². The van der Waals surface area contributed by atoms with Crippen molar-refractivity contribution >= 4 is 23.5 Å². The van der Waals surface area contributed by atoms with Gasteiger partial charge < -0.3 is 14.7 Å². The second kappa shape index (κ2) is 8.72. The van der Waals surface area contributed by atoms with E-state index in [0.717, 1.165) is 5.56 Å². The summed E-state index contributed by atoms with van der Waals surface area (Å²) in [7, 11) is 1.75. The van der Waals surface area contributed by atoms with E-state index in [0.29, 0.717) is 16.3 Å². The van der Waals surface area contributed by atoms with Gasteiger partial charge in [0.2, 0.25) is 0 Å². The van der Waals surface area contributed by atoms with Crippen molar-refractivity contribution in [2.75, 3.05) is 13.7 Å². The average molecular weight is 376 g/mol. The van der Waals surface area contributed by atoms with Gasteiger partial charge in [0, 0.05) is 29.6 Å². The average Bonchev–Trinajstić information content (AvgIpc) is 2.64.